The SMILES string of the molecule is CC(=O)c1cccc(C(=O)N2CCN(C(=O)C3=C(C)CN(c4cccc(Cl)c4)C=N3)C(C)(C)C2)n1. The van der Waals surface area contributed by atoms with E-state index in [2.05, 4.69) is 9.98 Å². The van der Waals surface area contributed by atoms with Crippen molar-refractivity contribution in [2.75, 3.05) is 31.1 Å². The van der Waals surface area contributed by atoms with E-state index in [1.165, 1.54) is 6.92 Å². The average molecular weight is 494 g/mol. The van der Waals surface area contributed by atoms with Crippen LogP contribution in [0.2, 0.25) is 5.02 Å². The molecule has 8 nitrogen and oxygen atoms in total. The number of hydrogen-bond donors (Lipinski definition) is 0. The molecule has 0 saturated carbocycles. The van der Waals surface area contributed by atoms with Crippen LogP contribution in [0.15, 0.2) is 58.7 Å². The summed E-state index contributed by atoms with van der Waals surface area (Å²) in [4.78, 5) is 52.4. The molecule has 1 saturated heterocycles. The first-order valence-electron chi connectivity index (χ1n) is 11.4. The van der Waals surface area contributed by atoms with Gasteiger partial charge >= 0.3 is 0 Å². The van der Waals surface area contributed by atoms with Crippen LogP contribution in [-0.4, -0.2) is 70.4 Å². The molecule has 2 aliphatic heterocycles. The van der Waals surface area contributed by atoms with Gasteiger partial charge in [-0.05, 0) is 56.7 Å². The molecule has 0 bridgehead atoms. The molecule has 2 aliphatic rings. The minimum Gasteiger partial charge on any atom is -0.333 e. The Hall–Kier alpha value is -3.52. The normalized spacial score (nSPS) is 17.6. The Morgan fingerprint density at radius 2 is 1.71 bits per heavy atom. The zero-order valence-electron chi connectivity index (χ0n) is 20.3. The van der Waals surface area contributed by atoms with Gasteiger partial charge < -0.3 is 14.7 Å². The number of ketones is 1. The highest BCUT2D eigenvalue weighted by Gasteiger charge is 2.40. The molecule has 182 valence electrons. The Bertz CT molecular complexity index is 1250. The molecule has 0 radical (unpaired) electrons. The van der Waals surface area contributed by atoms with E-state index >= 15 is 0 Å². The van der Waals surface area contributed by atoms with E-state index in [0.29, 0.717) is 36.9 Å². The number of carbonyl (C=O) groups excluding carboxylic acids is 3. The second-order valence-corrected chi connectivity index (χ2v) is 9.88. The Morgan fingerprint density at radius 1 is 1.00 bits per heavy atom. The largest absolute Gasteiger partial charge is 0.333 e. The fourth-order valence-electron chi connectivity index (χ4n) is 4.40. The first-order chi connectivity index (χ1) is 16.6. The number of pyridine rings is 1. The van der Waals surface area contributed by atoms with Crippen LogP contribution in [0.1, 0.15) is 48.7 Å². The molecule has 0 unspecified atom stereocenters. The predicted molar refractivity (Wildman–Crippen MR) is 136 cm³/mol. The van der Waals surface area contributed by atoms with Gasteiger partial charge in [0.05, 0.1) is 11.9 Å². The first-order valence-corrected chi connectivity index (χ1v) is 11.8. The second kappa shape index (κ2) is 9.62. The Kier molecular flexibility index (Phi) is 6.76. The van der Waals surface area contributed by atoms with Crippen molar-refractivity contribution >= 4 is 41.2 Å². The Balaban J connectivity index is 1.47. The molecule has 0 N–H and O–H groups in total. The zero-order valence-corrected chi connectivity index (χ0v) is 21.0. The summed E-state index contributed by atoms with van der Waals surface area (Å²) in [7, 11) is 0. The number of aromatic nitrogens is 1. The van der Waals surface area contributed by atoms with Crippen LogP contribution in [0.3, 0.4) is 0 Å². The highest BCUT2D eigenvalue weighted by Crippen LogP contribution is 2.28. The third-order valence-corrected chi connectivity index (χ3v) is 6.48. The van der Waals surface area contributed by atoms with Crippen molar-refractivity contribution in [3.05, 3.63) is 70.1 Å². The van der Waals surface area contributed by atoms with Crippen LogP contribution >= 0.6 is 11.6 Å². The smallest absolute Gasteiger partial charge is 0.273 e. The number of aliphatic imine (C=N–C) groups is 1. The molecular weight excluding hydrogens is 466 g/mol. The van der Waals surface area contributed by atoms with Gasteiger partial charge in [-0.25, -0.2) is 9.98 Å². The van der Waals surface area contributed by atoms with Crippen molar-refractivity contribution < 1.29 is 14.4 Å². The number of anilines is 1. The molecule has 0 spiro atoms. The highest BCUT2D eigenvalue weighted by atomic mass is 35.5. The van der Waals surface area contributed by atoms with Crippen LogP contribution in [0, 0.1) is 0 Å². The van der Waals surface area contributed by atoms with Crippen molar-refractivity contribution in [1.82, 2.24) is 14.8 Å². The van der Waals surface area contributed by atoms with Gasteiger partial charge in [0.25, 0.3) is 11.8 Å². The molecule has 2 aromatic rings. The van der Waals surface area contributed by atoms with Gasteiger partial charge in [0.2, 0.25) is 0 Å². The number of rotatable bonds is 4. The number of Topliss-reactive ketones (excluding diaryl/α,β-unsaturated/α-hetero) is 1. The van der Waals surface area contributed by atoms with Crippen LogP contribution in [0.4, 0.5) is 5.69 Å². The summed E-state index contributed by atoms with van der Waals surface area (Å²) in [6.45, 7) is 8.80. The summed E-state index contributed by atoms with van der Waals surface area (Å²) >= 11 is 6.12. The van der Waals surface area contributed by atoms with Crippen LogP contribution in [0.25, 0.3) is 0 Å². The molecular formula is C26H28ClN5O3. The number of piperazine rings is 1. The Morgan fingerprint density at radius 3 is 2.37 bits per heavy atom. The fourth-order valence-corrected chi connectivity index (χ4v) is 4.59. The molecule has 1 aromatic carbocycles. The first kappa shape index (κ1) is 24.6. The maximum Gasteiger partial charge on any atom is 0.273 e. The number of nitrogens with zero attached hydrogens (tertiary/aromatic N) is 5. The number of benzene rings is 1. The van der Waals surface area contributed by atoms with Crippen LogP contribution in [-0.2, 0) is 4.79 Å². The van der Waals surface area contributed by atoms with Crippen molar-refractivity contribution in [1.29, 1.82) is 0 Å². The van der Waals surface area contributed by atoms with E-state index < -0.39 is 5.54 Å². The van der Waals surface area contributed by atoms with E-state index in [1.54, 1.807) is 34.3 Å². The minimum absolute atomic E-state index is 0.154. The van der Waals surface area contributed by atoms with E-state index in [9.17, 15) is 14.4 Å². The summed E-state index contributed by atoms with van der Waals surface area (Å²) in [5.41, 5.74) is 2.06. The topological polar surface area (TPSA) is 86.2 Å². The van der Waals surface area contributed by atoms with E-state index in [0.717, 1.165) is 11.3 Å². The summed E-state index contributed by atoms with van der Waals surface area (Å²) in [6, 6.07) is 12.3. The molecule has 9 heteroatoms. The molecule has 0 atom stereocenters. The molecule has 1 aromatic heterocycles. The second-order valence-electron chi connectivity index (χ2n) is 9.44. The number of carbonyl (C=O) groups is 3. The van der Waals surface area contributed by atoms with E-state index in [4.69, 9.17) is 11.6 Å². The minimum atomic E-state index is -0.615. The van der Waals surface area contributed by atoms with Crippen molar-refractivity contribution in [3.63, 3.8) is 0 Å². The number of amides is 2. The third-order valence-electron chi connectivity index (χ3n) is 6.24. The zero-order chi connectivity index (χ0) is 25.3. The Labute approximate surface area is 209 Å². The number of hydrogen-bond acceptors (Lipinski definition) is 6. The summed E-state index contributed by atoms with van der Waals surface area (Å²) in [5, 5.41) is 0.636. The monoisotopic (exact) mass is 493 g/mol. The quantitative estimate of drug-likeness (QED) is 0.604. The van der Waals surface area contributed by atoms with Gasteiger partial charge in [-0.15, -0.1) is 0 Å². The van der Waals surface area contributed by atoms with E-state index in [-0.39, 0.29) is 29.0 Å². The maximum absolute atomic E-state index is 13.5. The summed E-state index contributed by atoms with van der Waals surface area (Å²) in [6.07, 6.45) is 1.66. The molecule has 3 heterocycles. The van der Waals surface area contributed by atoms with Crippen molar-refractivity contribution in [2.45, 2.75) is 33.2 Å². The standard InChI is InChI=1S/C26H28ClN5O3/c1-17-14-31(20-8-5-7-19(27)13-20)16-28-23(17)25(35)32-12-11-30(15-26(32,3)4)24(34)22-10-6-9-21(29-22)18(2)33/h5-10,13,16H,11-12,14-15H2,1-4H3. The van der Waals surface area contributed by atoms with Gasteiger partial charge in [0, 0.05) is 43.8 Å². The molecule has 35 heavy (non-hydrogen) atoms. The molecule has 0 aliphatic carbocycles. The van der Waals surface area contributed by atoms with Gasteiger partial charge in [0.1, 0.15) is 17.1 Å². The predicted octanol–water partition coefficient (Wildman–Crippen LogP) is 3.82. The van der Waals surface area contributed by atoms with Crippen molar-refractivity contribution in [3.8, 4) is 0 Å². The van der Waals surface area contributed by atoms with E-state index in [1.807, 2.05) is 49.9 Å². The lowest BCUT2D eigenvalue weighted by Gasteiger charge is -2.47. The lowest BCUT2D eigenvalue weighted by molar-refractivity contribution is -0.135. The highest BCUT2D eigenvalue weighted by molar-refractivity contribution is 6.30. The van der Waals surface area contributed by atoms with Gasteiger partial charge in [0.15, 0.2) is 5.78 Å². The molecule has 4 rings (SSSR count). The molecule has 1 fully saturated rings. The average Bonchev–Trinajstić information content (AvgIpc) is 2.82. The van der Waals surface area contributed by atoms with Gasteiger partial charge in [-0.2, -0.15) is 0 Å². The molecule has 2 amide bonds. The summed E-state index contributed by atoms with van der Waals surface area (Å²) in [5.74, 6) is -0.601. The van der Waals surface area contributed by atoms with Crippen LogP contribution < -0.4 is 4.90 Å². The fraction of sp³-hybridized carbons (Fsp3) is 0.346. The third kappa shape index (κ3) is 5.12. The lowest BCUT2D eigenvalue weighted by Crippen LogP contribution is -2.62. The van der Waals surface area contributed by atoms with Crippen molar-refractivity contribution in [2.24, 2.45) is 4.99 Å². The van der Waals surface area contributed by atoms with Gasteiger partial charge in [-0.1, -0.05) is 23.7 Å². The maximum atomic E-state index is 13.5. The lowest BCUT2D eigenvalue weighted by atomic mass is 9.97. The van der Waals surface area contributed by atoms with Gasteiger partial charge in [-0.3, -0.25) is 14.4 Å². The summed E-state index contributed by atoms with van der Waals surface area (Å²) < 4.78 is 0. The van der Waals surface area contributed by atoms with Crippen LogP contribution in [0.5, 0.6) is 0 Å². The number of halogens is 1.